The third-order valence-electron chi connectivity index (χ3n) is 2.05. The number of halogens is 1. The minimum atomic E-state index is 0.417. The number of benzene rings is 1. The fraction of sp³-hybridized carbons (Fsp3) is 0.200. The lowest BCUT2D eigenvalue weighted by Gasteiger charge is -2.00. The molecular weight excluding hydrogens is 212 g/mol. The van der Waals surface area contributed by atoms with Crippen molar-refractivity contribution in [2.24, 2.45) is 5.73 Å². The molecule has 0 spiro atoms. The highest BCUT2D eigenvalue weighted by atomic mass is 35.5. The highest BCUT2D eigenvalue weighted by molar-refractivity contribution is 6.30. The molecule has 0 aliphatic rings. The van der Waals surface area contributed by atoms with Crippen LogP contribution in [-0.4, -0.2) is 15.0 Å². The summed E-state index contributed by atoms with van der Waals surface area (Å²) in [6.07, 6.45) is 1.84. The summed E-state index contributed by atoms with van der Waals surface area (Å²) >= 11 is 5.79. The second kappa shape index (κ2) is 4.42. The number of aromatic nitrogens is 3. The zero-order valence-electron chi connectivity index (χ0n) is 8.10. The predicted octanol–water partition coefficient (Wildman–Crippen LogP) is 1.44. The zero-order chi connectivity index (χ0) is 10.7. The molecule has 1 aromatic carbocycles. The first kappa shape index (κ1) is 10.1. The van der Waals surface area contributed by atoms with Crippen molar-refractivity contribution in [2.45, 2.75) is 13.1 Å². The standard InChI is InChI=1S/C10H11ClN4/c11-9-3-1-8(2-4-9)6-15-7-10(5-12)13-14-15/h1-4,7H,5-6,12H2. The van der Waals surface area contributed by atoms with Gasteiger partial charge in [0.2, 0.25) is 0 Å². The van der Waals surface area contributed by atoms with Gasteiger partial charge in [0.1, 0.15) is 0 Å². The molecule has 2 N–H and O–H groups in total. The molecule has 0 saturated carbocycles. The van der Waals surface area contributed by atoms with Crippen molar-refractivity contribution in [3.8, 4) is 0 Å². The van der Waals surface area contributed by atoms with Gasteiger partial charge in [-0.05, 0) is 17.7 Å². The van der Waals surface area contributed by atoms with Gasteiger partial charge in [-0.15, -0.1) is 5.10 Å². The summed E-state index contributed by atoms with van der Waals surface area (Å²) in [7, 11) is 0. The third kappa shape index (κ3) is 2.55. The lowest BCUT2D eigenvalue weighted by atomic mass is 10.2. The molecule has 2 rings (SSSR count). The van der Waals surface area contributed by atoms with E-state index in [2.05, 4.69) is 10.3 Å². The van der Waals surface area contributed by atoms with E-state index in [0.717, 1.165) is 16.3 Å². The van der Waals surface area contributed by atoms with Gasteiger partial charge in [-0.25, -0.2) is 4.68 Å². The largest absolute Gasteiger partial charge is 0.325 e. The summed E-state index contributed by atoms with van der Waals surface area (Å²) in [4.78, 5) is 0. The van der Waals surface area contributed by atoms with Crippen molar-refractivity contribution in [1.82, 2.24) is 15.0 Å². The normalized spacial score (nSPS) is 10.5. The minimum absolute atomic E-state index is 0.417. The Morgan fingerprint density at radius 2 is 2.00 bits per heavy atom. The van der Waals surface area contributed by atoms with Gasteiger partial charge in [-0.1, -0.05) is 28.9 Å². The van der Waals surface area contributed by atoms with Crippen molar-refractivity contribution < 1.29 is 0 Å². The summed E-state index contributed by atoms with van der Waals surface area (Å²) in [5.74, 6) is 0. The Labute approximate surface area is 92.7 Å². The molecular formula is C10H11ClN4. The van der Waals surface area contributed by atoms with Gasteiger partial charge in [-0.3, -0.25) is 0 Å². The van der Waals surface area contributed by atoms with Gasteiger partial charge in [0.15, 0.2) is 0 Å². The Hall–Kier alpha value is -1.39. The van der Waals surface area contributed by atoms with E-state index in [-0.39, 0.29) is 0 Å². The Bertz CT molecular complexity index is 435. The van der Waals surface area contributed by atoms with Crippen LogP contribution in [0, 0.1) is 0 Å². The first-order valence-corrected chi connectivity index (χ1v) is 4.99. The van der Waals surface area contributed by atoms with Gasteiger partial charge in [-0.2, -0.15) is 0 Å². The van der Waals surface area contributed by atoms with Gasteiger partial charge in [0.25, 0.3) is 0 Å². The van der Waals surface area contributed by atoms with Crippen molar-refractivity contribution in [3.63, 3.8) is 0 Å². The molecule has 4 nitrogen and oxygen atoms in total. The number of hydrogen-bond donors (Lipinski definition) is 1. The lowest BCUT2D eigenvalue weighted by Crippen LogP contribution is -2.00. The number of nitrogens with zero attached hydrogens (tertiary/aromatic N) is 3. The highest BCUT2D eigenvalue weighted by Crippen LogP contribution is 2.10. The van der Waals surface area contributed by atoms with E-state index >= 15 is 0 Å². The van der Waals surface area contributed by atoms with Gasteiger partial charge in [0, 0.05) is 11.6 Å². The molecule has 1 aromatic heterocycles. The second-order valence-corrected chi connectivity index (χ2v) is 3.67. The van der Waals surface area contributed by atoms with Gasteiger partial charge in [0.05, 0.1) is 18.4 Å². The van der Waals surface area contributed by atoms with Crippen LogP contribution in [0.5, 0.6) is 0 Å². The average molecular weight is 223 g/mol. The maximum absolute atomic E-state index is 5.79. The summed E-state index contributed by atoms with van der Waals surface area (Å²) in [6.45, 7) is 1.10. The molecule has 0 aliphatic heterocycles. The maximum atomic E-state index is 5.79. The first-order chi connectivity index (χ1) is 7.28. The SMILES string of the molecule is NCc1cn(Cc2ccc(Cl)cc2)nn1. The lowest BCUT2D eigenvalue weighted by molar-refractivity contribution is 0.649. The van der Waals surface area contributed by atoms with Crippen molar-refractivity contribution in [2.75, 3.05) is 0 Å². The molecule has 2 aromatic rings. The summed E-state index contributed by atoms with van der Waals surface area (Å²) in [5.41, 5.74) is 7.37. The molecule has 0 atom stereocenters. The summed E-state index contributed by atoms with van der Waals surface area (Å²) in [6, 6.07) is 7.65. The van der Waals surface area contributed by atoms with E-state index in [0.29, 0.717) is 13.1 Å². The van der Waals surface area contributed by atoms with Crippen molar-refractivity contribution in [3.05, 3.63) is 46.7 Å². The van der Waals surface area contributed by atoms with Crippen LogP contribution >= 0.6 is 11.6 Å². The maximum Gasteiger partial charge on any atom is 0.0962 e. The molecule has 0 amide bonds. The van der Waals surface area contributed by atoms with Crippen LogP contribution in [0.3, 0.4) is 0 Å². The first-order valence-electron chi connectivity index (χ1n) is 4.61. The summed E-state index contributed by atoms with van der Waals surface area (Å²) in [5, 5.41) is 8.60. The van der Waals surface area contributed by atoms with E-state index in [9.17, 15) is 0 Å². The quantitative estimate of drug-likeness (QED) is 0.855. The molecule has 0 unspecified atom stereocenters. The van der Waals surface area contributed by atoms with Crippen LogP contribution in [-0.2, 0) is 13.1 Å². The van der Waals surface area contributed by atoms with Crippen LogP contribution in [0.25, 0.3) is 0 Å². The van der Waals surface area contributed by atoms with Gasteiger partial charge < -0.3 is 5.73 Å². The Kier molecular flexibility index (Phi) is 2.99. The average Bonchev–Trinajstić information content (AvgIpc) is 2.69. The monoisotopic (exact) mass is 222 g/mol. The molecule has 0 fully saturated rings. The number of hydrogen-bond acceptors (Lipinski definition) is 3. The molecule has 0 aliphatic carbocycles. The number of nitrogens with two attached hydrogens (primary N) is 1. The minimum Gasteiger partial charge on any atom is -0.325 e. The predicted molar refractivity (Wildman–Crippen MR) is 58.5 cm³/mol. The van der Waals surface area contributed by atoms with Crippen LogP contribution < -0.4 is 5.73 Å². The Balaban J connectivity index is 2.11. The second-order valence-electron chi connectivity index (χ2n) is 3.24. The molecule has 78 valence electrons. The van der Waals surface area contributed by atoms with Gasteiger partial charge >= 0.3 is 0 Å². The number of rotatable bonds is 3. The smallest absolute Gasteiger partial charge is 0.0962 e. The molecule has 5 heteroatoms. The molecule has 0 saturated heterocycles. The van der Waals surface area contributed by atoms with E-state index in [4.69, 9.17) is 17.3 Å². The van der Waals surface area contributed by atoms with E-state index in [1.165, 1.54) is 0 Å². The Morgan fingerprint density at radius 1 is 1.27 bits per heavy atom. The highest BCUT2D eigenvalue weighted by Gasteiger charge is 1.99. The van der Waals surface area contributed by atoms with E-state index in [1.807, 2.05) is 30.5 Å². The fourth-order valence-corrected chi connectivity index (χ4v) is 1.41. The van der Waals surface area contributed by atoms with Crippen molar-refractivity contribution >= 4 is 11.6 Å². The third-order valence-corrected chi connectivity index (χ3v) is 2.31. The topological polar surface area (TPSA) is 56.7 Å². The Morgan fingerprint density at radius 3 is 2.60 bits per heavy atom. The van der Waals surface area contributed by atoms with Crippen LogP contribution in [0.2, 0.25) is 5.02 Å². The van der Waals surface area contributed by atoms with Crippen LogP contribution in [0.4, 0.5) is 0 Å². The molecule has 0 radical (unpaired) electrons. The molecule has 15 heavy (non-hydrogen) atoms. The van der Waals surface area contributed by atoms with E-state index in [1.54, 1.807) is 4.68 Å². The zero-order valence-corrected chi connectivity index (χ0v) is 8.85. The fourth-order valence-electron chi connectivity index (χ4n) is 1.29. The summed E-state index contributed by atoms with van der Waals surface area (Å²) < 4.78 is 1.76. The van der Waals surface area contributed by atoms with E-state index < -0.39 is 0 Å². The van der Waals surface area contributed by atoms with Crippen LogP contribution in [0.15, 0.2) is 30.5 Å². The van der Waals surface area contributed by atoms with Crippen LogP contribution in [0.1, 0.15) is 11.3 Å². The van der Waals surface area contributed by atoms with Crippen molar-refractivity contribution in [1.29, 1.82) is 0 Å². The molecule has 1 heterocycles. The molecule has 0 bridgehead atoms.